The summed E-state index contributed by atoms with van der Waals surface area (Å²) in [6.45, 7) is 12.4. The number of hydrogen-bond acceptors (Lipinski definition) is 2. The fraction of sp³-hybridized carbons (Fsp3) is 0.632. The van der Waals surface area contributed by atoms with Gasteiger partial charge in [-0.1, -0.05) is 52.0 Å². The lowest BCUT2D eigenvalue weighted by Gasteiger charge is -2.28. The lowest BCUT2D eigenvalue weighted by atomic mass is 9.86. The van der Waals surface area contributed by atoms with Gasteiger partial charge in [0.1, 0.15) is 0 Å². The quantitative estimate of drug-likeness (QED) is 0.927. The van der Waals surface area contributed by atoms with Gasteiger partial charge in [-0.25, -0.2) is 0 Å². The Morgan fingerprint density at radius 2 is 1.77 bits per heavy atom. The molecule has 3 heteroatoms. The minimum atomic E-state index is 0.197. The number of nitrogens with one attached hydrogen (secondary N) is 1. The van der Waals surface area contributed by atoms with Gasteiger partial charge in [0, 0.05) is 32.6 Å². The highest BCUT2D eigenvalue weighted by atomic mass is 16.2. The van der Waals surface area contributed by atoms with Crippen LogP contribution in [-0.4, -0.2) is 37.0 Å². The van der Waals surface area contributed by atoms with Crippen LogP contribution < -0.4 is 5.32 Å². The number of benzene rings is 1. The monoisotopic (exact) mass is 302 g/mol. The molecule has 1 aliphatic rings. The maximum atomic E-state index is 12.3. The topological polar surface area (TPSA) is 32.3 Å². The number of carbonyl (C=O) groups is 1. The molecule has 2 rings (SSSR count). The van der Waals surface area contributed by atoms with E-state index in [9.17, 15) is 4.79 Å². The van der Waals surface area contributed by atoms with Gasteiger partial charge in [-0.05, 0) is 28.9 Å². The highest BCUT2D eigenvalue weighted by molar-refractivity contribution is 5.76. The maximum Gasteiger partial charge on any atom is 0.222 e. The molecule has 0 saturated carbocycles. The molecular formula is C19H30N2O. The van der Waals surface area contributed by atoms with Crippen molar-refractivity contribution in [3.63, 3.8) is 0 Å². The summed E-state index contributed by atoms with van der Waals surface area (Å²) in [5.41, 5.74) is 2.89. The second-order valence-electron chi connectivity index (χ2n) is 7.59. The molecule has 1 saturated heterocycles. The van der Waals surface area contributed by atoms with Crippen LogP contribution in [0.3, 0.4) is 0 Å². The molecule has 1 N–H and O–H groups in total. The van der Waals surface area contributed by atoms with E-state index in [1.165, 1.54) is 11.1 Å². The van der Waals surface area contributed by atoms with Crippen LogP contribution in [0.1, 0.15) is 45.2 Å². The zero-order chi connectivity index (χ0) is 16.2. The standard InChI is InChI=1S/C19H30N2O/c1-15(14-18(22)21-11-9-20-10-12-21)13-16-5-7-17(8-6-16)19(2,3)4/h5-8,15,20H,9-14H2,1-4H3. The average Bonchev–Trinajstić information content (AvgIpc) is 2.47. The third-order valence-electron chi connectivity index (χ3n) is 4.40. The van der Waals surface area contributed by atoms with Gasteiger partial charge in [-0.3, -0.25) is 4.79 Å². The van der Waals surface area contributed by atoms with Crippen LogP contribution in [0.2, 0.25) is 0 Å². The summed E-state index contributed by atoms with van der Waals surface area (Å²) in [6.07, 6.45) is 1.63. The summed E-state index contributed by atoms with van der Waals surface area (Å²) in [5, 5.41) is 3.29. The number of amides is 1. The molecule has 0 spiro atoms. The molecule has 1 heterocycles. The molecule has 3 nitrogen and oxygen atoms in total. The van der Waals surface area contributed by atoms with Gasteiger partial charge < -0.3 is 10.2 Å². The lowest BCUT2D eigenvalue weighted by Crippen LogP contribution is -2.46. The van der Waals surface area contributed by atoms with Crippen molar-refractivity contribution in [3.8, 4) is 0 Å². The van der Waals surface area contributed by atoms with Crippen LogP contribution in [-0.2, 0) is 16.6 Å². The third kappa shape index (κ3) is 4.84. The molecule has 0 aliphatic carbocycles. The van der Waals surface area contributed by atoms with E-state index in [0.29, 0.717) is 18.2 Å². The van der Waals surface area contributed by atoms with E-state index in [2.05, 4.69) is 57.3 Å². The first-order valence-corrected chi connectivity index (χ1v) is 8.44. The molecule has 22 heavy (non-hydrogen) atoms. The van der Waals surface area contributed by atoms with Gasteiger partial charge in [0.05, 0.1) is 0 Å². The van der Waals surface area contributed by atoms with E-state index in [4.69, 9.17) is 0 Å². The SMILES string of the molecule is CC(CC(=O)N1CCNCC1)Cc1ccc(C(C)(C)C)cc1. The number of carbonyl (C=O) groups excluding carboxylic acids is 1. The summed E-state index contributed by atoms with van der Waals surface area (Å²) in [6, 6.07) is 8.87. The molecule has 122 valence electrons. The zero-order valence-corrected chi connectivity index (χ0v) is 14.5. The van der Waals surface area contributed by atoms with Crippen LogP contribution in [0.4, 0.5) is 0 Å². The third-order valence-corrected chi connectivity index (χ3v) is 4.40. The van der Waals surface area contributed by atoms with Gasteiger partial charge >= 0.3 is 0 Å². The van der Waals surface area contributed by atoms with Crippen LogP contribution in [0, 0.1) is 5.92 Å². The fourth-order valence-electron chi connectivity index (χ4n) is 2.96. The molecule has 1 atom stereocenters. The van der Waals surface area contributed by atoms with Crippen molar-refractivity contribution < 1.29 is 4.79 Å². The summed E-state index contributed by atoms with van der Waals surface area (Å²) < 4.78 is 0. The Labute approximate surface area is 135 Å². The van der Waals surface area contributed by atoms with E-state index in [-0.39, 0.29) is 5.41 Å². The fourth-order valence-corrected chi connectivity index (χ4v) is 2.96. The van der Waals surface area contributed by atoms with Crippen molar-refractivity contribution in [3.05, 3.63) is 35.4 Å². The smallest absolute Gasteiger partial charge is 0.222 e. The van der Waals surface area contributed by atoms with Gasteiger partial charge in [-0.15, -0.1) is 0 Å². The summed E-state index contributed by atoms with van der Waals surface area (Å²) >= 11 is 0. The molecular weight excluding hydrogens is 272 g/mol. The van der Waals surface area contributed by atoms with Crippen molar-refractivity contribution >= 4 is 5.91 Å². The predicted molar refractivity (Wildman–Crippen MR) is 92.1 cm³/mol. The largest absolute Gasteiger partial charge is 0.340 e. The molecule has 1 amide bonds. The molecule has 0 bridgehead atoms. The van der Waals surface area contributed by atoms with Crippen molar-refractivity contribution in [2.45, 2.75) is 46.0 Å². The van der Waals surface area contributed by atoms with Gasteiger partial charge in [0.25, 0.3) is 0 Å². The Morgan fingerprint density at radius 3 is 2.32 bits per heavy atom. The van der Waals surface area contributed by atoms with E-state index in [1.54, 1.807) is 0 Å². The van der Waals surface area contributed by atoms with E-state index >= 15 is 0 Å². The Morgan fingerprint density at radius 1 is 1.18 bits per heavy atom. The van der Waals surface area contributed by atoms with Crippen molar-refractivity contribution in [1.29, 1.82) is 0 Å². The molecule has 1 unspecified atom stereocenters. The summed E-state index contributed by atoms with van der Waals surface area (Å²) in [7, 11) is 0. The molecule has 0 radical (unpaired) electrons. The average molecular weight is 302 g/mol. The Hall–Kier alpha value is -1.35. The van der Waals surface area contributed by atoms with E-state index in [0.717, 1.165) is 32.6 Å². The van der Waals surface area contributed by atoms with Gasteiger partial charge in [-0.2, -0.15) is 0 Å². The highest BCUT2D eigenvalue weighted by Gasteiger charge is 2.19. The van der Waals surface area contributed by atoms with Crippen molar-refractivity contribution in [2.75, 3.05) is 26.2 Å². The lowest BCUT2D eigenvalue weighted by molar-refractivity contribution is -0.132. The number of hydrogen-bond donors (Lipinski definition) is 1. The second kappa shape index (κ2) is 7.28. The Bertz CT molecular complexity index is 481. The maximum absolute atomic E-state index is 12.3. The van der Waals surface area contributed by atoms with Crippen LogP contribution in [0.5, 0.6) is 0 Å². The molecule has 0 aromatic heterocycles. The molecule has 1 aromatic carbocycles. The molecule has 1 aromatic rings. The van der Waals surface area contributed by atoms with Gasteiger partial charge in [0.2, 0.25) is 5.91 Å². The Balaban J connectivity index is 1.86. The van der Waals surface area contributed by atoms with Crippen molar-refractivity contribution in [2.24, 2.45) is 5.92 Å². The first-order valence-electron chi connectivity index (χ1n) is 8.44. The van der Waals surface area contributed by atoms with Crippen LogP contribution in [0.15, 0.2) is 24.3 Å². The summed E-state index contributed by atoms with van der Waals surface area (Å²) in [5.74, 6) is 0.697. The number of piperazine rings is 1. The van der Waals surface area contributed by atoms with E-state index < -0.39 is 0 Å². The molecule has 1 aliphatic heterocycles. The minimum Gasteiger partial charge on any atom is -0.340 e. The zero-order valence-electron chi connectivity index (χ0n) is 14.5. The van der Waals surface area contributed by atoms with Crippen molar-refractivity contribution in [1.82, 2.24) is 10.2 Å². The van der Waals surface area contributed by atoms with Crippen LogP contribution in [0.25, 0.3) is 0 Å². The normalized spacial score (nSPS) is 17.4. The van der Waals surface area contributed by atoms with E-state index in [1.807, 2.05) is 4.90 Å². The Kier molecular flexibility index (Phi) is 5.63. The number of rotatable bonds is 4. The second-order valence-corrected chi connectivity index (χ2v) is 7.59. The highest BCUT2D eigenvalue weighted by Crippen LogP contribution is 2.23. The predicted octanol–water partition coefficient (Wildman–Crippen LogP) is 2.98. The first-order chi connectivity index (χ1) is 10.4. The summed E-state index contributed by atoms with van der Waals surface area (Å²) in [4.78, 5) is 14.3. The van der Waals surface area contributed by atoms with Gasteiger partial charge in [0.15, 0.2) is 0 Å². The minimum absolute atomic E-state index is 0.197. The first kappa shape index (κ1) is 17.0. The number of nitrogens with zero attached hydrogens (tertiary/aromatic N) is 1. The van der Waals surface area contributed by atoms with Crippen LogP contribution >= 0.6 is 0 Å². The molecule has 1 fully saturated rings.